The maximum Gasteiger partial charge on any atom is 0.253 e. The quantitative estimate of drug-likeness (QED) is 0.834. The van der Waals surface area contributed by atoms with Gasteiger partial charge in [0.15, 0.2) is 0 Å². The molecule has 27 heavy (non-hydrogen) atoms. The van der Waals surface area contributed by atoms with Crippen molar-refractivity contribution in [2.45, 2.75) is 39.0 Å². The van der Waals surface area contributed by atoms with Gasteiger partial charge in [-0.25, -0.2) is 0 Å². The standard InChI is InChI=1S/C22H26N2O3/c1-15-11-18-12-17(5-6-19(18)27-15)20(25)24-10-8-22(14-24)7-2-9-23(21(22)26)13-16-3-4-16/h5-6,11-12,16H,2-4,7-10,13-14H2,1H3/t22-/m1/s1. The van der Waals surface area contributed by atoms with Crippen LogP contribution in [0, 0.1) is 18.3 Å². The first kappa shape index (κ1) is 16.8. The lowest BCUT2D eigenvalue weighted by atomic mass is 9.78. The highest BCUT2D eigenvalue weighted by Crippen LogP contribution is 2.42. The maximum atomic E-state index is 13.2. The van der Waals surface area contributed by atoms with Crippen LogP contribution < -0.4 is 0 Å². The minimum Gasteiger partial charge on any atom is -0.461 e. The van der Waals surface area contributed by atoms with Crippen LogP contribution in [0.3, 0.4) is 0 Å². The fraction of sp³-hybridized carbons (Fsp3) is 0.545. The van der Waals surface area contributed by atoms with Crippen LogP contribution in [0.5, 0.6) is 0 Å². The molecule has 0 unspecified atom stereocenters. The van der Waals surface area contributed by atoms with Gasteiger partial charge in [-0.05, 0) is 69.2 Å². The summed E-state index contributed by atoms with van der Waals surface area (Å²) in [5.74, 6) is 1.88. The largest absolute Gasteiger partial charge is 0.461 e. The summed E-state index contributed by atoms with van der Waals surface area (Å²) in [6.07, 6.45) is 5.29. The van der Waals surface area contributed by atoms with Gasteiger partial charge >= 0.3 is 0 Å². The average Bonchev–Trinajstić information content (AvgIpc) is 3.24. The SMILES string of the molecule is Cc1cc2cc(C(=O)N3CC[C@]4(CCCN(CC5CC5)C4=O)C3)ccc2o1. The van der Waals surface area contributed by atoms with Crippen molar-refractivity contribution in [2.75, 3.05) is 26.2 Å². The van der Waals surface area contributed by atoms with E-state index in [2.05, 4.69) is 4.90 Å². The molecule has 3 heterocycles. The molecule has 2 aromatic rings. The zero-order chi connectivity index (χ0) is 18.6. The topological polar surface area (TPSA) is 53.8 Å². The highest BCUT2D eigenvalue weighted by atomic mass is 16.3. The Bertz CT molecular complexity index is 913. The summed E-state index contributed by atoms with van der Waals surface area (Å²) >= 11 is 0. The van der Waals surface area contributed by atoms with E-state index in [-0.39, 0.29) is 17.2 Å². The van der Waals surface area contributed by atoms with Crippen molar-refractivity contribution < 1.29 is 14.0 Å². The van der Waals surface area contributed by atoms with Crippen LogP contribution in [0.2, 0.25) is 0 Å². The van der Waals surface area contributed by atoms with Gasteiger partial charge in [-0.2, -0.15) is 0 Å². The lowest BCUT2D eigenvalue weighted by molar-refractivity contribution is -0.145. The predicted molar refractivity (Wildman–Crippen MR) is 102 cm³/mol. The number of nitrogens with zero attached hydrogens (tertiary/aromatic N) is 2. The third-order valence-corrected chi connectivity index (χ3v) is 6.53. The Kier molecular flexibility index (Phi) is 3.81. The van der Waals surface area contributed by atoms with E-state index in [9.17, 15) is 9.59 Å². The van der Waals surface area contributed by atoms with Gasteiger partial charge in [-0.1, -0.05) is 0 Å². The molecule has 2 amide bonds. The Balaban J connectivity index is 1.34. The molecule has 1 aliphatic carbocycles. The lowest BCUT2D eigenvalue weighted by Gasteiger charge is -2.39. The summed E-state index contributed by atoms with van der Waals surface area (Å²) in [6, 6.07) is 7.56. The second-order valence-corrected chi connectivity index (χ2v) is 8.66. The molecule has 1 aromatic heterocycles. The highest BCUT2D eigenvalue weighted by molar-refractivity contribution is 5.98. The summed E-state index contributed by atoms with van der Waals surface area (Å²) in [4.78, 5) is 30.2. The number of hydrogen-bond donors (Lipinski definition) is 0. The third-order valence-electron chi connectivity index (χ3n) is 6.53. The zero-order valence-electron chi connectivity index (χ0n) is 15.9. The van der Waals surface area contributed by atoms with E-state index < -0.39 is 0 Å². The molecular formula is C22H26N2O3. The van der Waals surface area contributed by atoms with Crippen LogP contribution in [-0.2, 0) is 4.79 Å². The molecule has 5 heteroatoms. The number of piperidine rings is 1. The monoisotopic (exact) mass is 366 g/mol. The minimum absolute atomic E-state index is 0.0275. The zero-order valence-corrected chi connectivity index (χ0v) is 15.9. The summed E-state index contributed by atoms with van der Waals surface area (Å²) in [7, 11) is 0. The molecule has 2 saturated heterocycles. The Morgan fingerprint density at radius 3 is 2.89 bits per heavy atom. The molecule has 1 saturated carbocycles. The fourth-order valence-electron chi connectivity index (χ4n) is 4.85. The molecule has 5 rings (SSSR count). The summed E-state index contributed by atoms with van der Waals surface area (Å²) in [6.45, 7) is 4.96. The van der Waals surface area contributed by atoms with Crippen molar-refractivity contribution in [3.63, 3.8) is 0 Å². The van der Waals surface area contributed by atoms with Crippen molar-refractivity contribution in [2.24, 2.45) is 11.3 Å². The Morgan fingerprint density at radius 2 is 2.07 bits per heavy atom. The van der Waals surface area contributed by atoms with Crippen molar-refractivity contribution >= 4 is 22.8 Å². The van der Waals surface area contributed by atoms with Crippen LogP contribution in [-0.4, -0.2) is 47.8 Å². The van der Waals surface area contributed by atoms with Gasteiger partial charge in [0.25, 0.3) is 5.91 Å². The van der Waals surface area contributed by atoms with Gasteiger partial charge in [-0.3, -0.25) is 9.59 Å². The average molecular weight is 366 g/mol. The second-order valence-electron chi connectivity index (χ2n) is 8.66. The van der Waals surface area contributed by atoms with Gasteiger partial charge in [-0.15, -0.1) is 0 Å². The van der Waals surface area contributed by atoms with Crippen LogP contribution >= 0.6 is 0 Å². The number of amides is 2. The van der Waals surface area contributed by atoms with Gasteiger partial charge in [0.1, 0.15) is 11.3 Å². The molecule has 3 aliphatic rings. The Hall–Kier alpha value is -2.30. The van der Waals surface area contributed by atoms with Crippen molar-refractivity contribution in [1.29, 1.82) is 0 Å². The van der Waals surface area contributed by atoms with Gasteiger partial charge < -0.3 is 14.2 Å². The Labute approximate surface area is 159 Å². The van der Waals surface area contributed by atoms with E-state index in [4.69, 9.17) is 4.42 Å². The van der Waals surface area contributed by atoms with Crippen molar-refractivity contribution in [3.8, 4) is 0 Å². The highest BCUT2D eigenvalue weighted by Gasteiger charge is 2.50. The first-order valence-electron chi connectivity index (χ1n) is 10.1. The van der Waals surface area contributed by atoms with Gasteiger partial charge in [0.2, 0.25) is 5.91 Å². The third kappa shape index (κ3) is 2.93. The molecule has 5 nitrogen and oxygen atoms in total. The summed E-state index contributed by atoms with van der Waals surface area (Å²) in [5, 5.41) is 0.955. The van der Waals surface area contributed by atoms with Crippen LogP contribution in [0.4, 0.5) is 0 Å². The number of hydrogen-bond acceptors (Lipinski definition) is 3. The first-order valence-corrected chi connectivity index (χ1v) is 10.1. The summed E-state index contributed by atoms with van der Waals surface area (Å²) < 4.78 is 5.61. The van der Waals surface area contributed by atoms with E-state index in [1.54, 1.807) is 0 Å². The first-order chi connectivity index (χ1) is 13.0. The van der Waals surface area contributed by atoms with Crippen LogP contribution in [0.15, 0.2) is 28.7 Å². The number of benzene rings is 1. The fourth-order valence-corrected chi connectivity index (χ4v) is 4.85. The van der Waals surface area contributed by atoms with Crippen LogP contribution in [0.1, 0.15) is 48.2 Å². The molecule has 142 valence electrons. The molecule has 3 fully saturated rings. The molecule has 0 bridgehead atoms. The van der Waals surface area contributed by atoms with Crippen molar-refractivity contribution in [3.05, 3.63) is 35.6 Å². The number of carbonyl (C=O) groups is 2. The normalized spacial score (nSPS) is 25.7. The van der Waals surface area contributed by atoms with E-state index in [0.717, 1.165) is 49.1 Å². The number of rotatable bonds is 3. The molecule has 0 radical (unpaired) electrons. The molecule has 2 aliphatic heterocycles. The van der Waals surface area contributed by atoms with Crippen molar-refractivity contribution in [1.82, 2.24) is 9.80 Å². The number of furan rings is 1. The number of carbonyl (C=O) groups excluding carboxylic acids is 2. The van der Waals surface area contributed by atoms with Crippen LogP contribution in [0.25, 0.3) is 11.0 Å². The maximum absolute atomic E-state index is 13.2. The second kappa shape index (κ2) is 6.11. The lowest BCUT2D eigenvalue weighted by Crippen LogP contribution is -2.50. The van der Waals surface area contributed by atoms with E-state index >= 15 is 0 Å². The number of aryl methyl sites for hydroxylation is 1. The number of likely N-dealkylation sites (tertiary alicyclic amines) is 2. The van der Waals surface area contributed by atoms with E-state index in [1.165, 1.54) is 12.8 Å². The van der Waals surface area contributed by atoms with Gasteiger partial charge in [0.05, 0.1) is 5.41 Å². The predicted octanol–water partition coefficient (Wildman–Crippen LogP) is 3.61. The Morgan fingerprint density at radius 1 is 1.22 bits per heavy atom. The molecule has 1 spiro atoms. The van der Waals surface area contributed by atoms with Gasteiger partial charge in [0, 0.05) is 37.1 Å². The molecular weight excluding hydrogens is 340 g/mol. The molecule has 1 aromatic carbocycles. The minimum atomic E-state index is -0.348. The molecule has 1 atom stereocenters. The van der Waals surface area contributed by atoms with E-state index in [1.807, 2.05) is 36.1 Å². The number of fused-ring (bicyclic) bond motifs is 1. The van der Waals surface area contributed by atoms with E-state index in [0.29, 0.717) is 24.6 Å². The molecule has 0 N–H and O–H groups in total. The summed E-state index contributed by atoms with van der Waals surface area (Å²) in [5.41, 5.74) is 1.14. The smallest absolute Gasteiger partial charge is 0.253 e.